The van der Waals surface area contributed by atoms with Crippen molar-refractivity contribution in [3.63, 3.8) is 0 Å². The molecule has 0 aliphatic heterocycles. The summed E-state index contributed by atoms with van der Waals surface area (Å²) in [5.74, 6) is 0. The SMILES string of the molecule is c1ccc(-c2cc(-c3ccccc3)cc(-n3c4ccccc4c4c5ccccc5c5c(oc6c7ccccc7c7ccccc7c65)c43)c2)cc1. The normalized spacial score (nSPS) is 12.0. The Labute approximate surface area is 288 Å². The maximum Gasteiger partial charge on any atom is 0.160 e. The fourth-order valence-electron chi connectivity index (χ4n) is 8.40. The van der Waals surface area contributed by atoms with E-state index in [-0.39, 0.29) is 0 Å². The van der Waals surface area contributed by atoms with Crippen molar-refractivity contribution in [2.24, 2.45) is 0 Å². The Morgan fingerprint density at radius 2 is 0.760 bits per heavy atom. The van der Waals surface area contributed by atoms with E-state index in [2.05, 4.69) is 180 Å². The molecule has 0 unspecified atom stereocenters. The van der Waals surface area contributed by atoms with E-state index in [0.717, 1.165) is 38.7 Å². The van der Waals surface area contributed by atoms with E-state index in [1.807, 2.05) is 0 Å². The maximum atomic E-state index is 7.30. The van der Waals surface area contributed by atoms with E-state index in [1.54, 1.807) is 0 Å². The smallest absolute Gasteiger partial charge is 0.160 e. The highest BCUT2D eigenvalue weighted by molar-refractivity contribution is 6.40. The monoisotopic (exact) mass is 635 g/mol. The van der Waals surface area contributed by atoms with Gasteiger partial charge in [0.1, 0.15) is 5.58 Å². The second-order valence-electron chi connectivity index (χ2n) is 13.2. The minimum atomic E-state index is 0.915. The van der Waals surface area contributed by atoms with Gasteiger partial charge in [0.25, 0.3) is 0 Å². The molecule has 0 atom stereocenters. The third-order valence-electron chi connectivity index (χ3n) is 10.5. The summed E-state index contributed by atoms with van der Waals surface area (Å²) in [6.45, 7) is 0. The van der Waals surface area contributed by atoms with Crippen LogP contribution in [0.5, 0.6) is 0 Å². The number of aromatic nitrogens is 1. The summed E-state index contributed by atoms with van der Waals surface area (Å²) in [6, 6.07) is 63.5. The first kappa shape index (κ1) is 27.3. The molecule has 0 saturated carbocycles. The van der Waals surface area contributed by atoms with Crippen LogP contribution in [0.3, 0.4) is 0 Å². The fourth-order valence-corrected chi connectivity index (χ4v) is 8.40. The Kier molecular flexibility index (Phi) is 5.70. The molecule has 11 aromatic rings. The molecule has 0 fully saturated rings. The van der Waals surface area contributed by atoms with Gasteiger partial charge in [-0.15, -0.1) is 0 Å². The number of hydrogen-bond donors (Lipinski definition) is 0. The number of furan rings is 1. The van der Waals surface area contributed by atoms with Gasteiger partial charge < -0.3 is 8.98 Å². The van der Waals surface area contributed by atoms with Crippen LogP contribution in [-0.2, 0) is 0 Å². The van der Waals surface area contributed by atoms with Crippen molar-refractivity contribution in [2.75, 3.05) is 0 Å². The zero-order valence-electron chi connectivity index (χ0n) is 27.1. The van der Waals surface area contributed by atoms with Gasteiger partial charge in [-0.3, -0.25) is 0 Å². The van der Waals surface area contributed by atoms with Gasteiger partial charge in [-0.2, -0.15) is 0 Å². The molecule has 9 aromatic carbocycles. The fraction of sp³-hybridized carbons (Fsp3) is 0. The van der Waals surface area contributed by atoms with E-state index in [9.17, 15) is 0 Å². The van der Waals surface area contributed by atoms with E-state index in [1.165, 1.54) is 65.3 Å². The van der Waals surface area contributed by atoms with Crippen LogP contribution in [0.1, 0.15) is 0 Å². The summed E-state index contributed by atoms with van der Waals surface area (Å²) in [4.78, 5) is 0. The van der Waals surface area contributed by atoms with Crippen molar-refractivity contribution >= 4 is 76.1 Å². The largest absolute Gasteiger partial charge is 0.453 e. The van der Waals surface area contributed by atoms with Crippen molar-refractivity contribution in [1.29, 1.82) is 0 Å². The maximum absolute atomic E-state index is 7.30. The summed E-state index contributed by atoms with van der Waals surface area (Å²) in [5.41, 5.74) is 9.91. The first-order chi connectivity index (χ1) is 24.8. The molecule has 0 spiro atoms. The summed E-state index contributed by atoms with van der Waals surface area (Å²) in [6.07, 6.45) is 0. The summed E-state index contributed by atoms with van der Waals surface area (Å²) in [5, 5.41) is 12.0. The summed E-state index contributed by atoms with van der Waals surface area (Å²) < 4.78 is 9.75. The Hall–Kier alpha value is -6.64. The molecule has 2 heteroatoms. The number of fused-ring (bicyclic) bond motifs is 15. The lowest BCUT2D eigenvalue weighted by Gasteiger charge is -2.14. The molecule has 232 valence electrons. The molecule has 0 radical (unpaired) electrons. The quantitative estimate of drug-likeness (QED) is 0.177. The highest BCUT2D eigenvalue weighted by atomic mass is 16.3. The van der Waals surface area contributed by atoms with Gasteiger partial charge in [-0.05, 0) is 73.5 Å². The van der Waals surface area contributed by atoms with Gasteiger partial charge >= 0.3 is 0 Å². The Balaban J connectivity index is 1.39. The van der Waals surface area contributed by atoms with Crippen LogP contribution in [0.2, 0.25) is 0 Å². The molecule has 2 nitrogen and oxygen atoms in total. The molecule has 0 N–H and O–H groups in total. The first-order valence-corrected chi connectivity index (χ1v) is 17.2. The van der Waals surface area contributed by atoms with E-state index in [4.69, 9.17) is 4.42 Å². The van der Waals surface area contributed by atoms with Gasteiger partial charge in [-0.25, -0.2) is 0 Å². The van der Waals surface area contributed by atoms with Crippen molar-refractivity contribution in [3.05, 3.63) is 176 Å². The summed E-state index contributed by atoms with van der Waals surface area (Å²) in [7, 11) is 0. The van der Waals surface area contributed by atoms with Gasteiger partial charge in [-0.1, -0.05) is 152 Å². The number of para-hydroxylation sites is 1. The number of rotatable bonds is 3. The average molecular weight is 636 g/mol. The topological polar surface area (TPSA) is 18.1 Å². The summed E-state index contributed by atoms with van der Waals surface area (Å²) >= 11 is 0. The lowest BCUT2D eigenvalue weighted by molar-refractivity contribution is 0.675. The first-order valence-electron chi connectivity index (χ1n) is 17.2. The molecule has 0 bridgehead atoms. The van der Waals surface area contributed by atoms with Gasteiger partial charge in [0.15, 0.2) is 5.58 Å². The highest BCUT2D eigenvalue weighted by Gasteiger charge is 2.25. The van der Waals surface area contributed by atoms with Gasteiger partial charge in [0.2, 0.25) is 0 Å². The third kappa shape index (κ3) is 3.79. The second-order valence-corrected chi connectivity index (χ2v) is 13.2. The minimum Gasteiger partial charge on any atom is -0.453 e. The van der Waals surface area contributed by atoms with Crippen molar-refractivity contribution < 1.29 is 4.42 Å². The van der Waals surface area contributed by atoms with Crippen molar-refractivity contribution in [2.45, 2.75) is 0 Å². The number of nitrogens with zero attached hydrogens (tertiary/aromatic N) is 1. The minimum absolute atomic E-state index is 0.915. The Morgan fingerprint density at radius 1 is 0.320 bits per heavy atom. The molecule has 2 aromatic heterocycles. The molecule has 0 saturated heterocycles. The van der Waals surface area contributed by atoms with Crippen LogP contribution >= 0.6 is 0 Å². The van der Waals surface area contributed by atoms with Crippen LogP contribution < -0.4 is 0 Å². The van der Waals surface area contributed by atoms with E-state index in [0.29, 0.717) is 0 Å². The number of hydrogen-bond acceptors (Lipinski definition) is 1. The van der Waals surface area contributed by atoms with Crippen molar-refractivity contribution in [3.8, 4) is 27.9 Å². The van der Waals surface area contributed by atoms with Crippen LogP contribution in [0, 0.1) is 0 Å². The van der Waals surface area contributed by atoms with Gasteiger partial charge in [0.05, 0.1) is 11.0 Å². The molecule has 0 aliphatic rings. The molecular formula is C48H29NO. The molecular weight excluding hydrogens is 607 g/mol. The van der Waals surface area contributed by atoms with E-state index < -0.39 is 0 Å². The molecule has 0 amide bonds. The zero-order valence-corrected chi connectivity index (χ0v) is 27.1. The molecule has 2 heterocycles. The van der Waals surface area contributed by atoms with Crippen LogP contribution in [0.15, 0.2) is 180 Å². The van der Waals surface area contributed by atoms with E-state index >= 15 is 0 Å². The van der Waals surface area contributed by atoms with Gasteiger partial charge in [0, 0.05) is 32.6 Å². The predicted molar refractivity (Wildman–Crippen MR) is 211 cm³/mol. The average Bonchev–Trinajstić information content (AvgIpc) is 3.77. The van der Waals surface area contributed by atoms with Crippen molar-refractivity contribution in [1.82, 2.24) is 4.57 Å². The second kappa shape index (κ2) is 10.4. The van der Waals surface area contributed by atoms with Crippen LogP contribution in [0.25, 0.3) is 104 Å². The number of benzene rings is 9. The lowest BCUT2D eigenvalue weighted by Crippen LogP contribution is -1.96. The Bertz CT molecular complexity index is 3070. The molecule has 11 rings (SSSR count). The standard InChI is InChI=1S/C48H29NO/c1-3-15-30(16-4-1)32-27-33(31-17-5-2-6-18-31)29-34(28-32)49-42-26-14-13-25-41(42)43-38-22-10-11-23-39(38)45-44-37-21-9-7-19-35(37)36-20-8-12-24-40(36)47(44)50-48(45)46(43)49/h1-29H. The van der Waals surface area contributed by atoms with Crippen LogP contribution in [-0.4, -0.2) is 4.57 Å². The zero-order chi connectivity index (χ0) is 32.8. The van der Waals surface area contributed by atoms with Crippen LogP contribution in [0.4, 0.5) is 0 Å². The predicted octanol–water partition coefficient (Wildman–Crippen LogP) is 13.5. The Morgan fingerprint density at radius 3 is 1.38 bits per heavy atom. The molecule has 0 aliphatic carbocycles. The lowest BCUT2D eigenvalue weighted by atomic mass is 9.94. The third-order valence-corrected chi connectivity index (χ3v) is 10.5. The highest BCUT2D eigenvalue weighted by Crippen LogP contribution is 2.49. The molecule has 50 heavy (non-hydrogen) atoms.